The Morgan fingerprint density at radius 2 is 1.81 bits per heavy atom. The quantitative estimate of drug-likeness (QED) is 0.212. The number of para-hydroxylation sites is 2. The Labute approximate surface area is 203 Å². The number of halogens is 1. The number of nitro benzene ring substituents is 1. The van der Waals surface area contributed by atoms with Crippen LogP contribution in [0.3, 0.4) is 0 Å². The molecule has 178 valence electrons. The normalized spacial score (nSPS) is 11.4. The number of nitro groups is 1. The van der Waals surface area contributed by atoms with Crippen LogP contribution in [0.4, 0.5) is 15.9 Å². The molecule has 0 aliphatic rings. The van der Waals surface area contributed by atoms with Crippen molar-refractivity contribution in [2.24, 2.45) is 5.10 Å². The highest BCUT2D eigenvalue weighted by Gasteiger charge is 2.24. The third kappa shape index (κ3) is 4.32. The number of hydrogen-bond acceptors (Lipinski definition) is 7. The van der Waals surface area contributed by atoms with Crippen molar-refractivity contribution in [1.29, 1.82) is 0 Å². The van der Waals surface area contributed by atoms with Gasteiger partial charge < -0.3 is 11.1 Å². The number of benzene rings is 3. The number of non-ortho nitro benzene ring substituents is 1. The van der Waals surface area contributed by atoms with Crippen molar-refractivity contribution < 1.29 is 14.1 Å². The SMILES string of the molecule is Nc1c(C(=O)NCc2ccc(F)cc2)c2nc3ccccc3nc2n1N=Cc1cccc([N+](=O)[O-])c1. The molecule has 0 spiro atoms. The fourth-order valence-corrected chi connectivity index (χ4v) is 3.70. The van der Waals surface area contributed by atoms with Crippen molar-refractivity contribution in [2.45, 2.75) is 6.54 Å². The van der Waals surface area contributed by atoms with E-state index in [-0.39, 0.29) is 40.6 Å². The van der Waals surface area contributed by atoms with Gasteiger partial charge in [-0.15, -0.1) is 0 Å². The van der Waals surface area contributed by atoms with Gasteiger partial charge in [-0.25, -0.2) is 14.4 Å². The van der Waals surface area contributed by atoms with Gasteiger partial charge >= 0.3 is 0 Å². The fraction of sp³-hybridized carbons (Fsp3) is 0.0400. The minimum Gasteiger partial charge on any atom is -0.383 e. The number of hydrogen-bond donors (Lipinski definition) is 2. The van der Waals surface area contributed by atoms with Crippen LogP contribution in [0.25, 0.3) is 22.2 Å². The maximum Gasteiger partial charge on any atom is 0.270 e. The summed E-state index contributed by atoms with van der Waals surface area (Å²) in [5.41, 5.74) is 9.16. The van der Waals surface area contributed by atoms with E-state index in [1.165, 1.54) is 41.2 Å². The smallest absolute Gasteiger partial charge is 0.270 e. The Kier molecular flexibility index (Phi) is 5.79. The van der Waals surface area contributed by atoms with E-state index in [0.29, 0.717) is 22.2 Å². The molecule has 0 saturated carbocycles. The number of amides is 1. The number of nitrogens with two attached hydrogens (primary N) is 1. The zero-order valence-corrected chi connectivity index (χ0v) is 18.6. The molecule has 5 aromatic rings. The Morgan fingerprint density at radius 3 is 2.53 bits per heavy atom. The zero-order chi connectivity index (χ0) is 25.2. The monoisotopic (exact) mass is 483 g/mol. The Morgan fingerprint density at radius 1 is 1.08 bits per heavy atom. The van der Waals surface area contributed by atoms with Crippen LogP contribution in [0.5, 0.6) is 0 Å². The van der Waals surface area contributed by atoms with Crippen LogP contribution in [-0.2, 0) is 6.54 Å². The lowest BCUT2D eigenvalue weighted by molar-refractivity contribution is -0.384. The van der Waals surface area contributed by atoms with Crippen molar-refractivity contribution in [3.8, 4) is 0 Å². The molecule has 0 aliphatic carbocycles. The number of nitrogen functional groups attached to an aromatic ring is 1. The maximum absolute atomic E-state index is 13.2. The highest BCUT2D eigenvalue weighted by molar-refractivity contribution is 6.10. The molecule has 0 unspecified atom stereocenters. The predicted octanol–water partition coefficient (Wildman–Crippen LogP) is 4.03. The minimum absolute atomic E-state index is 0.00130. The molecule has 1 amide bonds. The lowest BCUT2D eigenvalue weighted by Crippen LogP contribution is -2.23. The van der Waals surface area contributed by atoms with E-state index in [9.17, 15) is 19.3 Å². The first-order chi connectivity index (χ1) is 17.4. The van der Waals surface area contributed by atoms with Gasteiger partial charge in [-0.05, 0) is 29.8 Å². The average Bonchev–Trinajstić information content (AvgIpc) is 3.15. The summed E-state index contributed by atoms with van der Waals surface area (Å²) in [5, 5.41) is 18.2. The lowest BCUT2D eigenvalue weighted by Gasteiger charge is -2.06. The van der Waals surface area contributed by atoms with Gasteiger partial charge in [0.25, 0.3) is 11.6 Å². The predicted molar refractivity (Wildman–Crippen MR) is 133 cm³/mol. The summed E-state index contributed by atoms with van der Waals surface area (Å²) in [5.74, 6) is -0.879. The second-order valence-electron chi connectivity index (χ2n) is 7.86. The molecule has 0 fully saturated rings. The van der Waals surface area contributed by atoms with Gasteiger partial charge in [-0.2, -0.15) is 9.78 Å². The van der Waals surface area contributed by atoms with E-state index < -0.39 is 10.8 Å². The molecule has 36 heavy (non-hydrogen) atoms. The van der Waals surface area contributed by atoms with Crippen LogP contribution < -0.4 is 11.1 Å². The number of rotatable bonds is 6. The van der Waals surface area contributed by atoms with E-state index >= 15 is 0 Å². The van der Waals surface area contributed by atoms with Crippen LogP contribution in [0, 0.1) is 15.9 Å². The molecule has 2 aromatic heterocycles. The highest BCUT2D eigenvalue weighted by atomic mass is 19.1. The van der Waals surface area contributed by atoms with Crippen LogP contribution in [-0.4, -0.2) is 31.7 Å². The van der Waals surface area contributed by atoms with Crippen molar-refractivity contribution in [1.82, 2.24) is 20.0 Å². The van der Waals surface area contributed by atoms with Crippen molar-refractivity contribution >= 4 is 45.8 Å². The summed E-state index contributed by atoms with van der Waals surface area (Å²) < 4.78 is 14.5. The third-order valence-corrected chi connectivity index (χ3v) is 5.47. The van der Waals surface area contributed by atoms with Crippen LogP contribution in [0.1, 0.15) is 21.5 Å². The minimum atomic E-state index is -0.504. The van der Waals surface area contributed by atoms with Gasteiger partial charge in [0.1, 0.15) is 22.7 Å². The van der Waals surface area contributed by atoms with Gasteiger partial charge in [0.05, 0.1) is 22.2 Å². The standard InChI is InChI=1S/C25H18FN7O3/c26-17-10-8-15(9-11-17)13-28-25(34)21-22-24(31-20-7-2-1-6-19(20)30-22)32(23(21)27)29-14-16-4-3-5-18(12-16)33(35)36/h1-12,14H,13,27H2,(H,28,34). The zero-order valence-electron chi connectivity index (χ0n) is 18.6. The molecule has 0 saturated heterocycles. The molecule has 5 rings (SSSR count). The number of nitrogens with zero attached hydrogens (tertiary/aromatic N) is 5. The van der Waals surface area contributed by atoms with Crippen molar-refractivity contribution in [3.05, 3.63) is 105 Å². The Balaban J connectivity index is 1.58. The van der Waals surface area contributed by atoms with Crippen LogP contribution >= 0.6 is 0 Å². The summed E-state index contributed by atoms with van der Waals surface area (Å²) in [6.07, 6.45) is 1.39. The van der Waals surface area contributed by atoms with Gasteiger partial charge in [-0.3, -0.25) is 14.9 Å². The second-order valence-corrected chi connectivity index (χ2v) is 7.86. The number of carbonyl (C=O) groups excluding carboxylic acids is 1. The average molecular weight is 483 g/mol. The van der Waals surface area contributed by atoms with E-state index in [2.05, 4.69) is 20.4 Å². The number of aromatic nitrogens is 3. The first kappa shape index (κ1) is 22.6. The largest absolute Gasteiger partial charge is 0.383 e. The van der Waals surface area contributed by atoms with Gasteiger partial charge in [0, 0.05) is 24.2 Å². The highest BCUT2D eigenvalue weighted by Crippen LogP contribution is 2.28. The maximum atomic E-state index is 13.2. The molecule has 3 aromatic carbocycles. The molecular formula is C25H18FN7O3. The third-order valence-electron chi connectivity index (χ3n) is 5.47. The van der Waals surface area contributed by atoms with E-state index in [1.807, 2.05) is 6.07 Å². The molecule has 10 nitrogen and oxygen atoms in total. The first-order valence-electron chi connectivity index (χ1n) is 10.8. The molecule has 3 N–H and O–H groups in total. The molecule has 2 heterocycles. The molecule has 0 radical (unpaired) electrons. The summed E-state index contributed by atoms with van der Waals surface area (Å²) in [7, 11) is 0. The Bertz CT molecular complexity index is 1660. The van der Waals surface area contributed by atoms with E-state index in [1.54, 1.807) is 36.4 Å². The lowest BCUT2D eigenvalue weighted by atomic mass is 10.2. The Hall–Kier alpha value is -5.19. The molecule has 0 bridgehead atoms. The van der Waals surface area contributed by atoms with E-state index in [0.717, 1.165) is 0 Å². The fourth-order valence-electron chi connectivity index (χ4n) is 3.70. The van der Waals surface area contributed by atoms with Crippen LogP contribution in [0.2, 0.25) is 0 Å². The summed E-state index contributed by atoms with van der Waals surface area (Å²) in [4.78, 5) is 33.0. The second kappa shape index (κ2) is 9.22. The summed E-state index contributed by atoms with van der Waals surface area (Å²) in [6.45, 7) is 0.142. The van der Waals surface area contributed by atoms with Gasteiger partial charge in [-0.1, -0.05) is 36.4 Å². The molecular weight excluding hydrogens is 465 g/mol. The molecule has 0 aliphatic heterocycles. The summed E-state index contributed by atoms with van der Waals surface area (Å²) in [6, 6.07) is 18.8. The van der Waals surface area contributed by atoms with Crippen LogP contribution in [0.15, 0.2) is 77.9 Å². The number of carbonyl (C=O) groups is 1. The topological polar surface area (TPSA) is 141 Å². The van der Waals surface area contributed by atoms with Gasteiger partial charge in [0.15, 0.2) is 5.65 Å². The number of nitrogens with one attached hydrogen (secondary N) is 1. The first-order valence-corrected chi connectivity index (χ1v) is 10.8. The summed E-state index contributed by atoms with van der Waals surface area (Å²) >= 11 is 0. The number of anilines is 1. The van der Waals surface area contributed by atoms with Crippen molar-refractivity contribution in [3.63, 3.8) is 0 Å². The molecule has 0 atom stereocenters. The number of fused-ring (bicyclic) bond motifs is 2. The molecule has 11 heteroatoms. The van der Waals surface area contributed by atoms with Crippen molar-refractivity contribution in [2.75, 3.05) is 5.73 Å². The van der Waals surface area contributed by atoms with E-state index in [4.69, 9.17) is 5.73 Å². The van der Waals surface area contributed by atoms with Gasteiger partial charge in [0.2, 0.25) is 0 Å².